The van der Waals surface area contributed by atoms with Crippen molar-refractivity contribution in [2.75, 3.05) is 32.0 Å². The minimum Gasteiger partial charge on any atom is -0.431 e. The summed E-state index contributed by atoms with van der Waals surface area (Å²) < 4.78 is 35.3. The van der Waals surface area contributed by atoms with Crippen LogP contribution in [0.3, 0.4) is 0 Å². The molecule has 2 aromatic rings. The van der Waals surface area contributed by atoms with Gasteiger partial charge in [-0.1, -0.05) is 0 Å². The molecule has 6 nitrogen and oxygen atoms in total. The average Bonchev–Trinajstić information content (AvgIpc) is 3.59. The van der Waals surface area contributed by atoms with Gasteiger partial charge in [-0.3, -0.25) is 9.88 Å². The van der Waals surface area contributed by atoms with Gasteiger partial charge in [0.25, 0.3) is 0 Å². The normalized spacial score (nSPS) is 28.4. The molecule has 2 saturated heterocycles. The predicted molar refractivity (Wildman–Crippen MR) is 106 cm³/mol. The number of halogens is 2. The first-order chi connectivity index (χ1) is 14.6. The standard InChI is InChI=1S/C22H24F2N4O2/c23-22(24)30-19-5-13(6-26-21(19)25)18-4-12(3-17(27-18)11-1-2-11)20-15-7-28(8-16(15)20)14-9-29-10-14/h3-6,11,14-16,20,22H,1-2,7-10H2,(H2,25,26). The van der Waals surface area contributed by atoms with Crippen molar-refractivity contribution < 1.29 is 18.3 Å². The second kappa shape index (κ2) is 6.85. The van der Waals surface area contributed by atoms with E-state index in [1.165, 1.54) is 11.6 Å². The molecule has 2 aromatic heterocycles. The molecule has 6 rings (SSSR count). The molecule has 158 valence electrons. The van der Waals surface area contributed by atoms with Gasteiger partial charge < -0.3 is 15.2 Å². The number of likely N-dealkylation sites (tertiary alicyclic amines) is 1. The zero-order valence-electron chi connectivity index (χ0n) is 16.5. The van der Waals surface area contributed by atoms with Crippen molar-refractivity contribution in [3.63, 3.8) is 0 Å². The number of hydrogen-bond donors (Lipinski definition) is 1. The number of nitrogen functional groups attached to an aromatic ring is 1. The minimum atomic E-state index is -2.94. The number of alkyl halides is 2. The van der Waals surface area contributed by atoms with E-state index >= 15 is 0 Å². The fourth-order valence-corrected chi connectivity index (χ4v) is 5.07. The number of hydrogen-bond acceptors (Lipinski definition) is 6. The van der Waals surface area contributed by atoms with Crippen LogP contribution in [0.25, 0.3) is 11.3 Å². The molecular weight excluding hydrogens is 390 g/mol. The number of piperidine rings is 1. The summed E-state index contributed by atoms with van der Waals surface area (Å²) >= 11 is 0. The Bertz CT molecular complexity index is 968. The van der Waals surface area contributed by atoms with E-state index in [9.17, 15) is 8.78 Å². The van der Waals surface area contributed by atoms with E-state index in [1.807, 2.05) is 0 Å². The second-order valence-corrected chi connectivity index (χ2v) is 8.97. The Morgan fingerprint density at radius 1 is 1.13 bits per heavy atom. The molecule has 0 bridgehead atoms. The van der Waals surface area contributed by atoms with Gasteiger partial charge >= 0.3 is 6.61 Å². The Kier molecular flexibility index (Phi) is 4.21. The highest BCUT2D eigenvalue weighted by atomic mass is 19.3. The number of ether oxygens (including phenoxy) is 2. The van der Waals surface area contributed by atoms with Crippen LogP contribution in [0.2, 0.25) is 0 Å². The van der Waals surface area contributed by atoms with Crippen LogP contribution in [0.4, 0.5) is 14.6 Å². The van der Waals surface area contributed by atoms with Crippen LogP contribution in [0, 0.1) is 11.8 Å². The fourth-order valence-electron chi connectivity index (χ4n) is 5.07. The van der Waals surface area contributed by atoms with E-state index < -0.39 is 6.61 Å². The number of pyridine rings is 2. The lowest BCUT2D eigenvalue weighted by atomic mass is 10.0. The molecule has 4 aliphatic rings. The van der Waals surface area contributed by atoms with Gasteiger partial charge in [-0.05, 0) is 54.4 Å². The van der Waals surface area contributed by atoms with Crippen LogP contribution >= 0.6 is 0 Å². The smallest absolute Gasteiger partial charge is 0.387 e. The van der Waals surface area contributed by atoms with E-state index in [1.54, 1.807) is 6.20 Å². The molecule has 2 N–H and O–H groups in total. The molecule has 4 heterocycles. The second-order valence-electron chi connectivity index (χ2n) is 8.97. The van der Waals surface area contributed by atoms with E-state index in [0.29, 0.717) is 35.3 Å². The molecule has 2 unspecified atom stereocenters. The van der Waals surface area contributed by atoms with Crippen molar-refractivity contribution in [2.45, 2.75) is 37.3 Å². The van der Waals surface area contributed by atoms with Gasteiger partial charge in [0, 0.05) is 36.5 Å². The molecule has 0 radical (unpaired) electrons. The van der Waals surface area contributed by atoms with Gasteiger partial charge in [0.2, 0.25) is 0 Å². The van der Waals surface area contributed by atoms with Gasteiger partial charge in [-0.25, -0.2) is 4.98 Å². The largest absolute Gasteiger partial charge is 0.431 e. The summed E-state index contributed by atoms with van der Waals surface area (Å²) in [7, 11) is 0. The Labute approximate surface area is 173 Å². The monoisotopic (exact) mass is 414 g/mol. The Morgan fingerprint density at radius 2 is 1.90 bits per heavy atom. The summed E-state index contributed by atoms with van der Waals surface area (Å²) in [4.78, 5) is 11.5. The molecule has 0 amide bonds. The fraction of sp³-hybridized carbons (Fsp3) is 0.545. The van der Waals surface area contributed by atoms with Crippen molar-refractivity contribution in [3.8, 4) is 17.0 Å². The number of aromatic nitrogens is 2. The van der Waals surface area contributed by atoms with E-state index in [4.69, 9.17) is 15.5 Å². The van der Waals surface area contributed by atoms with E-state index in [-0.39, 0.29) is 11.6 Å². The molecule has 0 aromatic carbocycles. The van der Waals surface area contributed by atoms with Crippen molar-refractivity contribution in [1.82, 2.24) is 14.9 Å². The lowest BCUT2D eigenvalue weighted by Crippen LogP contribution is -2.48. The summed E-state index contributed by atoms with van der Waals surface area (Å²) in [6.07, 6.45) is 3.90. The van der Waals surface area contributed by atoms with Gasteiger partial charge in [0.05, 0.1) is 24.9 Å². The lowest BCUT2D eigenvalue weighted by Gasteiger charge is -2.35. The molecule has 2 saturated carbocycles. The first-order valence-corrected chi connectivity index (χ1v) is 10.6. The number of fused-ring (bicyclic) bond motifs is 1. The van der Waals surface area contributed by atoms with Crippen molar-refractivity contribution in [2.24, 2.45) is 11.8 Å². The summed E-state index contributed by atoms with van der Waals surface area (Å²) in [6, 6.07) is 6.49. The third kappa shape index (κ3) is 3.22. The third-order valence-electron chi connectivity index (χ3n) is 7.00. The number of nitrogens with zero attached hydrogens (tertiary/aromatic N) is 3. The maximum atomic E-state index is 12.7. The van der Waals surface area contributed by atoms with Crippen LogP contribution < -0.4 is 10.5 Å². The van der Waals surface area contributed by atoms with Crippen LogP contribution in [-0.2, 0) is 4.74 Å². The summed E-state index contributed by atoms with van der Waals surface area (Å²) in [5, 5.41) is 0. The molecule has 30 heavy (non-hydrogen) atoms. The highest BCUT2D eigenvalue weighted by molar-refractivity contribution is 5.65. The topological polar surface area (TPSA) is 73.5 Å². The number of anilines is 1. The molecule has 2 aliphatic heterocycles. The lowest BCUT2D eigenvalue weighted by molar-refractivity contribution is -0.0609. The van der Waals surface area contributed by atoms with Gasteiger partial charge in [0.15, 0.2) is 11.6 Å². The highest BCUT2D eigenvalue weighted by Crippen LogP contribution is 2.59. The van der Waals surface area contributed by atoms with Crippen molar-refractivity contribution in [3.05, 3.63) is 35.7 Å². The number of nitrogens with two attached hydrogens (primary N) is 1. The van der Waals surface area contributed by atoms with Crippen molar-refractivity contribution in [1.29, 1.82) is 0 Å². The van der Waals surface area contributed by atoms with Crippen LogP contribution in [0.15, 0.2) is 24.4 Å². The van der Waals surface area contributed by atoms with Gasteiger partial charge in [-0.15, -0.1) is 0 Å². The van der Waals surface area contributed by atoms with Crippen LogP contribution in [-0.4, -0.2) is 53.8 Å². The molecule has 2 atom stereocenters. The van der Waals surface area contributed by atoms with E-state index in [0.717, 1.165) is 50.5 Å². The van der Waals surface area contributed by atoms with Crippen molar-refractivity contribution >= 4 is 5.82 Å². The summed E-state index contributed by atoms with van der Waals surface area (Å²) in [5.41, 5.74) is 9.54. The predicted octanol–water partition coefficient (Wildman–Crippen LogP) is 3.25. The van der Waals surface area contributed by atoms with E-state index in [2.05, 4.69) is 26.8 Å². The first kappa shape index (κ1) is 18.4. The van der Waals surface area contributed by atoms with Gasteiger partial charge in [-0.2, -0.15) is 8.78 Å². The molecule has 4 fully saturated rings. The summed E-state index contributed by atoms with van der Waals surface area (Å²) in [5.74, 6) is 2.29. The zero-order valence-corrected chi connectivity index (χ0v) is 16.5. The SMILES string of the molecule is Nc1ncc(-c2cc(C3C4CN(C5COC5)CC43)cc(C3CC3)n2)cc1OC(F)F. The Hall–Kier alpha value is -2.32. The quantitative estimate of drug-likeness (QED) is 0.782. The Morgan fingerprint density at radius 3 is 2.53 bits per heavy atom. The Balaban J connectivity index is 1.29. The molecule has 2 aliphatic carbocycles. The maximum absolute atomic E-state index is 12.7. The van der Waals surface area contributed by atoms with Crippen LogP contribution in [0.1, 0.15) is 35.9 Å². The number of rotatable bonds is 6. The molecule has 8 heteroatoms. The first-order valence-electron chi connectivity index (χ1n) is 10.6. The third-order valence-corrected chi connectivity index (χ3v) is 7.00. The highest BCUT2D eigenvalue weighted by Gasteiger charge is 2.57. The average molecular weight is 414 g/mol. The summed E-state index contributed by atoms with van der Waals surface area (Å²) in [6.45, 7) is 1.05. The van der Waals surface area contributed by atoms with Crippen LogP contribution in [0.5, 0.6) is 5.75 Å². The minimum absolute atomic E-state index is 0.0468. The molecule has 0 spiro atoms. The molecular formula is C22H24F2N4O2. The maximum Gasteiger partial charge on any atom is 0.387 e. The van der Waals surface area contributed by atoms with Gasteiger partial charge in [0.1, 0.15) is 0 Å². The zero-order chi connectivity index (χ0) is 20.4.